The molecular formula is C21H25N3O5S. The van der Waals surface area contributed by atoms with Gasteiger partial charge in [-0.2, -0.15) is 0 Å². The SMILES string of the molecule is C[C@H](C(=O)Nc1ccccc1C(=O)N1CCOCC1)N(c1ccccc1)S(C)(=O)=O. The maximum Gasteiger partial charge on any atom is 0.256 e. The molecule has 1 aliphatic rings. The van der Waals surface area contributed by atoms with Gasteiger partial charge in [-0.25, -0.2) is 8.42 Å². The summed E-state index contributed by atoms with van der Waals surface area (Å²) < 4.78 is 31.1. The molecule has 3 rings (SSSR count). The van der Waals surface area contributed by atoms with Gasteiger partial charge in [0.2, 0.25) is 15.9 Å². The van der Waals surface area contributed by atoms with E-state index in [9.17, 15) is 18.0 Å². The van der Waals surface area contributed by atoms with Gasteiger partial charge >= 0.3 is 0 Å². The zero-order chi connectivity index (χ0) is 21.7. The molecule has 1 N–H and O–H groups in total. The van der Waals surface area contributed by atoms with Crippen LogP contribution in [0.25, 0.3) is 0 Å². The van der Waals surface area contributed by atoms with Crippen LogP contribution in [0.1, 0.15) is 17.3 Å². The van der Waals surface area contributed by atoms with E-state index in [0.717, 1.165) is 10.6 Å². The Balaban J connectivity index is 1.84. The monoisotopic (exact) mass is 431 g/mol. The summed E-state index contributed by atoms with van der Waals surface area (Å²) in [7, 11) is -3.71. The maximum absolute atomic E-state index is 13.0. The minimum atomic E-state index is -3.71. The number of nitrogens with zero attached hydrogens (tertiary/aromatic N) is 2. The number of hydrogen-bond acceptors (Lipinski definition) is 5. The highest BCUT2D eigenvalue weighted by atomic mass is 32.2. The molecule has 9 heteroatoms. The average molecular weight is 432 g/mol. The van der Waals surface area contributed by atoms with Crippen molar-refractivity contribution in [1.29, 1.82) is 0 Å². The first kappa shape index (κ1) is 21.8. The topological polar surface area (TPSA) is 96.0 Å². The largest absolute Gasteiger partial charge is 0.378 e. The van der Waals surface area contributed by atoms with Crippen molar-refractivity contribution in [2.75, 3.05) is 42.2 Å². The third kappa shape index (κ3) is 4.98. The van der Waals surface area contributed by atoms with E-state index in [0.29, 0.717) is 43.2 Å². The molecule has 1 fully saturated rings. The highest BCUT2D eigenvalue weighted by molar-refractivity contribution is 7.92. The second-order valence-electron chi connectivity index (χ2n) is 7.01. The van der Waals surface area contributed by atoms with E-state index in [2.05, 4.69) is 5.32 Å². The standard InChI is InChI=1S/C21H25N3O5S/c1-16(24(30(2,27)28)17-8-4-3-5-9-17)20(25)22-19-11-7-6-10-18(19)21(26)23-12-14-29-15-13-23/h3-11,16H,12-15H2,1-2H3,(H,22,25)/t16-/m1/s1. The van der Waals surface area contributed by atoms with Gasteiger partial charge in [0.05, 0.1) is 36.4 Å². The van der Waals surface area contributed by atoms with Crippen molar-refractivity contribution in [3.8, 4) is 0 Å². The molecule has 0 unspecified atom stereocenters. The summed E-state index contributed by atoms with van der Waals surface area (Å²) >= 11 is 0. The van der Waals surface area contributed by atoms with Crippen LogP contribution >= 0.6 is 0 Å². The first-order valence-electron chi connectivity index (χ1n) is 9.60. The predicted octanol–water partition coefficient (Wildman–Crippen LogP) is 1.95. The molecule has 0 aromatic heterocycles. The number of sulfonamides is 1. The number of nitrogens with one attached hydrogen (secondary N) is 1. The molecule has 0 spiro atoms. The Hall–Kier alpha value is -2.91. The number of benzene rings is 2. The third-order valence-electron chi connectivity index (χ3n) is 4.81. The molecule has 30 heavy (non-hydrogen) atoms. The minimum Gasteiger partial charge on any atom is -0.378 e. The molecule has 1 aliphatic heterocycles. The fourth-order valence-corrected chi connectivity index (χ4v) is 4.51. The number of carbonyl (C=O) groups excluding carboxylic acids is 2. The number of ether oxygens (including phenoxy) is 1. The lowest BCUT2D eigenvalue weighted by Gasteiger charge is -2.29. The van der Waals surface area contributed by atoms with Crippen molar-refractivity contribution in [3.05, 3.63) is 60.2 Å². The van der Waals surface area contributed by atoms with Crippen molar-refractivity contribution >= 4 is 33.2 Å². The smallest absolute Gasteiger partial charge is 0.256 e. The van der Waals surface area contributed by atoms with Gasteiger partial charge in [-0.05, 0) is 31.2 Å². The Bertz CT molecular complexity index is 1000. The van der Waals surface area contributed by atoms with Gasteiger partial charge in [-0.1, -0.05) is 30.3 Å². The molecule has 2 aromatic carbocycles. The summed E-state index contributed by atoms with van der Waals surface area (Å²) in [6.07, 6.45) is 1.06. The Kier molecular flexibility index (Phi) is 6.73. The molecule has 1 heterocycles. The fraction of sp³-hybridized carbons (Fsp3) is 0.333. The van der Waals surface area contributed by atoms with Gasteiger partial charge in [0.1, 0.15) is 6.04 Å². The van der Waals surface area contributed by atoms with E-state index in [-0.39, 0.29) is 5.91 Å². The number of rotatable bonds is 6. The second kappa shape index (κ2) is 9.27. The average Bonchev–Trinajstić information content (AvgIpc) is 2.74. The highest BCUT2D eigenvalue weighted by Crippen LogP contribution is 2.23. The van der Waals surface area contributed by atoms with Crippen molar-refractivity contribution in [2.24, 2.45) is 0 Å². The van der Waals surface area contributed by atoms with Gasteiger partial charge in [0.15, 0.2) is 0 Å². The minimum absolute atomic E-state index is 0.204. The molecule has 0 bridgehead atoms. The van der Waals surface area contributed by atoms with E-state index in [4.69, 9.17) is 4.74 Å². The molecule has 0 radical (unpaired) electrons. The van der Waals surface area contributed by atoms with Crippen molar-refractivity contribution in [1.82, 2.24) is 4.90 Å². The summed E-state index contributed by atoms with van der Waals surface area (Å²) in [5.74, 6) is -0.739. The summed E-state index contributed by atoms with van der Waals surface area (Å²) in [6, 6.07) is 14.1. The van der Waals surface area contributed by atoms with Gasteiger partial charge in [0.25, 0.3) is 5.91 Å². The van der Waals surface area contributed by atoms with Crippen molar-refractivity contribution < 1.29 is 22.7 Å². The fourth-order valence-electron chi connectivity index (χ4n) is 3.34. The molecular weight excluding hydrogens is 406 g/mol. The van der Waals surface area contributed by atoms with E-state index in [1.165, 1.54) is 6.92 Å². The van der Waals surface area contributed by atoms with E-state index in [1.807, 2.05) is 0 Å². The zero-order valence-corrected chi connectivity index (χ0v) is 17.8. The number of hydrogen-bond donors (Lipinski definition) is 1. The van der Waals surface area contributed by atoms with Crippen molar-refractivity contribution in [2.45, 2.75) is 13.0 Å². The van der Waals surface area contributed by atoms with Gasteiger partial charge in [0, 0.05) is 13.1 Å². The second-order valence-corrected chi connectivity index (χ2v) is 8.87. The number of amides is 2. The van der Waals surface area contributed by atoms with Crippen LogP contribution in [0.4, 0.5) is 11.4 Å². The predicted molar refractivity (Wildman–Crippen MR) is 115 cm³/mol. The van der Waals surface area contributed by atoms with Crippen LogP contribution in [-0.2, 0) is 19.6 Å². The van der Waals surface area contributed by atoms with Crippen molar-refractivity contribution in [3.63, 3.8) is 0 Å². The first-order chi connectivity index (χ1) is 14.3. The zero-order valence-electron chi connectivity index (χ0n) is 16.9. The van der Waals surface area contributed by atoms with Crippen LogP contribution in [0.5, 0.6) is 0 Å². The third-order valence-corrected chi connectivity index (χ3v) is 6.05. The Morgan fingerprint density at radius 3 is 2.27 bits per heavy atom. The maximum atomic E-state index is 13.0. The Morgan fingerprint density at radius 1 is 1.03 bits per heavy atom. The van der Waals surface area contributed by atoms with Crippen LogP contribution in [0.3, 0.4) is 0 Å². The first-order valence-corrected chi connectivity index (χ1v) is 11.4. The molecule has 1 atom stereocenters. The summed E-state index contributed by atoms with van der Waals surface area (Å²) in [4.78, 5) is 27.5. The summed E-state index contributed by atoms with van der Waals surface area (Å²) in [6.45, 7) is 3.41. The van der Waals surface area contributed by atoms with Gasteiger partial charge < -0.3 is 15.0 Å². The molecule has 160 valence electrons. The van der Waals surface area contributed by atoms with Gasteiger partial charge in [-0.15, -0.1) is 0 Å². The van der Waals surface area contributed by atoms with Crippen LogP contribution in [-0.4, -0.2) is 63.7 Å². The summed E-state index contributed by atoms with van der Waals surface area (Å²) in [5, 5.41) is 2.73. The molecule has 0 saturated carbocycles. The normalized spacial score (nSPS) is 15.3. The van der Waals surface area contributed by atoms with E-state index >= 15 is 0 Å². The Morgan fingerprint density at radius 2 is 1.63 bits per heavy atom. The molecule has 8 nitrogen and oxygen atoms in total. The van der Waals surface area contributed by atoms with Crippen LogP contribution < -0.4 is 9.62 Å². The number of anilines is 2. The molecule has 2 amide bonds. The van der Waals surface area contributed by atoms with Crippen LogP contribution in [0.15, 0.2) is 54.6 Å². The number of para-hydroxylation sites is 2. The Labute approximate surface area is 176 Å². The lowest BCUT2D eigenvalue weighted by atomic mass is 10.1. The van der Waals surface area contributed by atoms with Gasteiger partial charge in [-0.3, -0.25) is 13.9 Å². The lowest BCUT2D eigenvalue weighted by molar-refractivity contribution is -0.116. The van der Waals surface area contributed by atoms with E-state index in [1.54, 1.807) is 59.5 Å². The quantitative estimate of drug-likeness (QED) is 0.754. The van der Waals surface area contributed by atoms with E-state index < -0.39 is 22.0 Å². The van der Waals surface area contributed by atoms with Crippen LogP contribution in [0, 0.1) is 0 Å². The summed E-state index contributed by atoms with van der Waals surface area (Å²) in [5.41, 5.74) is 1.08. The highest BCUT2D eigenvalue weighted by Gasteiger charge is 2.30. The molecule has 1 saturated heterocycles. The van der Waals surface area contributed by atoms with Crippen LogP contribution in [0.2, 0.25) is 0 Å². The molecule has 2 aromatic rings. The number of morpholine rings is 1. The lowest BCUT2D eigenvalue weighted by Crippen LogP contribution is -2.45. The number of carbonyl (C=O) groups is 2. The molecule has 0 aliphatic carbocycles.